The van der Waals surface area contributed by atoms with Crippen molar-refractivity contribution < 1.29 is 23.8 Å². The maximum absolute atomic E-state index is 15.3. The van der Waals surface area contributed by atoms with Gasteiger partial charge in [0.05, 0.1) is 18.4 Å². The Morgan fingerprint density at radius 1 is 1.25 bits per heavy atom. The first-order chi connectivity index (χ1) is 15.3. The van der Waals surface area contributed by atoms with Crippen LogP contribution in [0.1, 0.15) is 42.5 Å². The summed E-state index contributed by atoms with van der Waals surface area (Å²) in [6.07, 6.45) is 5.17. The molecule has 32 heavy (non-hydrogen) atoms. The number of nitrogens with one attached hydrogen (secondary N) is 1. The van der Waals surface area contributed by atoms with Crippen molar-refractivity contribution in [1.82, 2.24) is 5.32 Å². The van der Waals surface area contributed by atoms with Crippen LogP contribution in [0.5, 0.6) is 5.75 Å². The van der Waals surface area contributed by atoms with Gasteiger partial charge in [-0.25, -0.2) is 9.18 Å². The van der Waals surface area contributed by atoms with Gasteiger partial charge >= 0.3 is 5.97 Å². The van der Waals surface area contributed by atoms with Crippen LogP contribution in [0, 0.1) is 5.82 Å². The Balaban J connectivity index is 0.00000176. The number of halogens is 1. The molecule has 0 spiro atoms. The standard InChI is InChI=1S/C22H30FN3O4.CH5P/c1-13(22(28)29)20(27)16-11-17(23)19(25(2)12-14-7-5-6-10-24-14)21(30-4)18(16)26(3)15-8-9-15;1-2/h11,14-15,24H,1,5-10,12H2,2-4H3,(H,28,29);2H2,1H3/t14-;/m1./s1. The van der Waals surface area contributed by atoms with Crippen LogP contribution in [-0.2, 0) is 4.79 Å². The number of benzene rings is 1. The Labute approximate surface area is 192 Å². The number of Topliss-reactive ketones (excluding diaryl/α,β-unsaturated/α-hetero) is 1. The molecule has 1 aromatic carbocycles. The van der Waals surface area contributed by atoms with Crippen molar-refractivity contribution in [3.05, 3.63) is 29.6 Å². The van der Waals surface area contributed by atoms with Gasteiger partial charge in [0, 0.05) is 32.7 Å². The molecule has 2 N–H and O–H groups in total. The molecule has 1 unspecified atom stereocenters. The minimum atomic E-state index is -1.43. The van der Waals surface area contributed by atoms with Crippen molar-refractivity contribution in [2.75, 3.05) is 50.8 Å². The summed E-state index contributed by atoms with van der Waals surface area (Å²) >= 11 is 0. The summed E-state index contributed by atoms with van der Waals surface area (Å²) in [5.74, 6) is -2.63. The van der Waals surface area contributed by atoms with Gasteiger partial charge in [-0.2, -0.15) is 0 Å². The predicted octanol–water partition coefficient (Wildman–Crippen LogP) is 3.33. The Morgan fingerprint density at radius 2 is 1.91 bits per heavy atom. The Morgan fingerprint density at radius 3 is 2.41 bits per heavy atom. The number of nitrogens with zero attached hydrogens (tertiary/aromatic N) is 2. The Kier molecular flexibility index (Phi) is 9.47. The zero-order valence-corrected chi connectivity index (χ0v) is 20.6. The number of methoxy groups -OCH3 is 1. The molecule has 0 amide bonds. The molecule has 1 aliphatic carbocycles. The lowest BCUT2D eigenvalue weighted by Crippen LogP contribution is -2.42. The van der Waals surface area contributed by atoms with Gasteiger partial charge in [0.2, 0.25) is 5.78 Å². The fraction of sp³-hybridized carbons (Fsp3) is 0.565. The molecule has 178 valence electrons. The molecular formula is C23H35FN3O4P. The number of hydrogen-bond acceptors (Lipinski definition) is 6. The van der Waals surface area contributed by atoms with Gasteiger partial charge in [0.15, 0.2) is 11.6 Å². The highest BCUT2D eigenvalue weighted by Crippen LogP contribution is 2.46. The molecule has 2 fully saturated rings. The van der Waals surface area contributed by atoms with Gasteiger partial charge in [0.1, 0.15) is 11.3 Å². The van der Waals surface area contributed by atoms with Gasteiger partial charge in [-0.3, -0.25) is 4.79 Å². The molecular weight excluding hydrogens is 432 g/mol. The van der Waals surface area contributed by atoms with Crippen LogP contribution in [0.4, 0.5) is 15.8 Å². The summed E-state index contributed by atoms with van der Waals surface area (Å²) in [6, 6.07) is 1.56. The number of likely N-dealkylation sites (N-methyl/N-ethyl adjacent to an activating group) is 1. The van der Waals surface area contributed by atoms with Gasteiger partial charge in [-0.15, -0.1) is 9.24 Å². The maximum Gasteiger partial charge on any atom is 0.339 e. The number of carboxylic acid groups (broad SMARTS) is 1. The van der Waals surface area contributed by atoms with Gasteiger partial charge in [0.25, 0.3) is 0 Å². The van der Waals surface area contributed by atoms with E-state index in [0.717, 1.165) is 44.7 Å². The van der Waals surface area contributed by atoms with E-state index in [2.05, 4.69) is 21.1 Å². The second-order valence-electron chi connectivity index (χ2n) is 8.12. The number of ether oxygens (including phenoxy) is 1. The molecule has 0 aromatic heterocycles. The number of carboxylic acids is 1. The highest BCUT2D eigenvalue weighted by Gasteiger charge is 2.35. The fourth-order valence-corrected chi connectivity index (χ4v) is 4.08. The molecule has 1 aromatic rings. The van der Waals surface area contributed by atoms with Crippen LogP contribution < -0.4 is 19.9 Å². The summed E-state index contributed by atoms with van der Waals surface area (Å²) in [5.41, 5.74) is 0.0330. The number of carbonyl (C=O) groups is 2. The van der Waals surface area contributed by atoms with E-state index in [1.165, 1.54) is 7.11 Å². The second-order valence-corrected chi connectivity index (χ2v) is 8.12. The number of rotatable bonds is 9. The third-order valence-electron chi connectivity index (χ3n) is 5.90. The molecule has 3 rings (SSSR count). The number of aliphatic carboxylic acids is 1. The molecule has 7 nitrogen and oxygen atoms in total. The summed E-state index contributed by atoms with van der Waals surface area (Å²) < 4.78 is 20.9. The highest BCUT2D eigenvalue weighted by atomic mass is 31.0. The highest BCUT2D eigenvalue weighted by molar-refractivity contribution is 7.15. The van der Waals surface area contributed by atoms with Crippen molar-refractivity contribution in [1.29, 1.82) is 0 Å². The predicted molar refractivity (Wildman–Crippen MR) is 130 cm³/mol. The molecule has 1 saturated heterocycles. The number of piperidine rings is 1. The van der Waals surface area contributed by atoms with E-state index < -0.39 is 23.1 Å². The number of carbonyl (C=O) groups excluding carboxylic acids is 1. The zero-order valence-electron chi connectivity index (χ0n) is 19.4. The van der Waals surface area contributed by atoms with Crippen LogP contribution in [0.3, 0.4) is 0 Å². The van der Waals surface area contributed by atoms with E-state index >= 15 is 4.39 Å². The van der Waals surface area contributed by atoms with Crippen LogP contribution >= 0.6 is 9.24 Å². The molecule has 2 atom stereocenters. The lowest BCUT2D eigenvalue weighted by molar-refractivity contribution is -0.132. The van der Waals surface area contributed by atoms with E-state index in [1.54, 1.807) is 7.05 Å². The van der Waals surface area contributed by atoms with Crippen LogP contribution in [0.2, 0.25) is 0 Å². The van der Waals surface area contributed by atoms with E-state index in [-0.39, 0.29) is 29.1 Å². The second kappa shape index (κ2) is 11.6. The average molecular weight is 468 g/mol. The van der Waals surface area contributed by atoms with E-state index in [9.17, 15) is 14.7 Å². The monoisotopic (exact) mass is 467 g/mol. The lowest BCUT2D eigenvalue weighted by atomic mass is 9.99. The quantitative estimate of drug-likeness (QED) is 0.190. The third-order valence-corrected chi connectivity index (χ3v) is 5.90. The zero-order chi connectivity index (χ0) is 24.0. The summed E-state index contributed by atoms with van der Waals surface area (Å²) in [6.45, 7) is 6.81. The summed E-state index contributed by atoms with van der Waals surface area (Å²) in [5, 5.41) is 12.7. The topological polar surface area (TPSA) is 82.1 Å². The smallest absolute Gasteiger partial charge is 0.339 e. The maximum atomic E-state index is 15.3. The first kappa shape index (κ1) is 26.1. The van der Waals surface area contributed by atoms with E-state index in [0.29, 0.717) is 12.2 Å². The number of anilines is 2. The lowest BCUT2D eigenvalue weighted by Gasteiger charge is -2.32. The minimum Gasteiger partial charge on any atom is -0.492 e. The average Bonchev–Trinajstić information content (AvgIpc) is 3.64. The van der Waals surface area contributed by atoms with Crippen molar-refractivity contribution in [2.45, 2.75) is 44.2 Å². The first-order valence-corrected chi connectivity index (χ1v) is 12.0. The Bertz CT molecular complexity index is 854. The SMILES string of the molecule is C=C(C(=O)O)C(=O)c1cc(F)c(N(C)C[C@H]2CCCCN2)c(OC)c1N(C)C1CC1.CP. The molecule has 0 radical (unpaired) electrons. The molecule has 0 bridgehead atoms. The van der Waals surface area contributed by atoms with Crippen LogP contribution in [0.15, 0.2) is 18.2 Å². The van der Waals surface area contributed by atoms with Gasteiger partial charge in [-0.1, -0.05) is 19.7 Å². The molecule has 1 saturated carbocycles. The van der Waals surface area contributed by atoms with Crippen molar-refractivity contribution in [2.24, 2.45) is 0 Å². The minimum absolute atomic E-state index is 0.0425. The van der Waals surface area contributed by atoms with E-state index in [1.807, 2.05) is 23.5 Å². The summed E-state index contributed by atoms with van der Waals surface area (Å²) in [7, 11) is 7.48. The first-order valence-electron chi connectivity index (χ1n) is 10.9. The fourth-order valence-electron chi connectivity index (χ4n) is 4.08. The normalized spacial score (nSPS) is 17.6. The van der Waals surface area contributed by atoms with Crippen LogP contribution in [0.25, 0.3) is 0 Å². The molecule has 2 aliphatic rings. The molecule has 9 heteroatoms. The largest absolute Gasteiger partial charge is 0.492 e. The van der Waals surface area contributed by atoms with E-state index in [4.69, 9.17) is 4.74 Å². The van der Waals surface area contributed by atoms with Crippen molar-refractivity contribution in [3.63, 3.8) is 0 Å². The van der Waals surface area contributed by atoms with Crippen molar-refractivity contribution in [3.8, 4) is 5.75 Å². The van der Waals surface area contributed by atoms with Gasteiger partial charge < -0.3 is 25.0 Å². The molecule has 1 heterocycles. The molecule has 1 aliphatic heterocycles. The number of hydrogen-bond donors (Lipinski definition) is 2. The number of ketones is 1. The third kappa shape index (κ3) is 5.78. The Hall–Kier alpha value is -2.18. The van der Waals surface area contributed by atoms with Crippen molar-refractivity contribution >= 4 is 32.4 Å². The van der Waals surface area contributed by atoms with Crippen LogP contribution in [-0.4, -0.2) is 69.9 Å². The summed E-state index contributed by atoms with van der Waals surface area (Å²) in [4.78, 5) is 27.8. The van der Waals surface area contributed by atoms with Gasteiger partial charge in [-0.05, 0) is 38.3 Å².